The molecule has 0 saturated carbocycles. The Morgan fingerprint density at radius 1 is 1.05 bits per heavy atom. The van der Waals surface area contributed by atoms with Crippen LogP contribution in [-0.4, -0.2) is 44.6 Å². The van der Waals surface area contributed by atoms with Crippen molar-refractivity contribution < 1.29 is 33.4 Å². The lowest BCUT2D eigenvalue weighted by atomic mass is 10.1. The monoisotopic (exact) mass is 675 g/mol. The summed E-state index contributed by atoms with van der Waals surface area (Å²) in [7, 11) is 2.92. The number of anilines is 2. The van der Waals surface area contributed by atoms with Crippen LogP contribution in [0.4, 0.5) is 16.2 Å². The Morgan fingerprint density at radius 3 is 2.42 bits per heavy atom. The number of urea groups is 1. The minimum absolute atomic E-state index is 0.252. The molecule has 3 aromatic rings. The molecule has 4 rings (SSSR count). The van der Waals surface area contributed by atoms with Gasteiger partial charge in [-0.05, 0) is 95.2 Å². The van der Waals surface area contributed by atoms with E-state index in [-0.39, 0.29) is 23.6 Å². The lowest BCUT2D eigenvalue weighted by Crippen LogP contribution is -2.54. The molecule has 206 valence electrons. The standard InChI is InChI=1S/C28H23ClIN3O7/c1-15-4-5-17(13-21(15)29)31-24(34)14-40-25-22(30)11-16(12-23(25)39-3)10-20-26(35)32-28(37)33(27(20)36)18-6-8-19(38-2)9-7-18/h4-13H,14H2,1-3H3,(H,31,34)(H,32,35,37)/b20-10+. The molecule has 0 atom stereocenters. The Balaban J connectivity index is 1.54. The molecule has 0 bridgehead atoms. The van der Waals surface area contributed by atoms with Gasteiger partial charge in [0, 0.05) is 10.7 Å². The van der Waals surface area contributed by atoms with Crippen molar-refractivity contribution in [2.45, 2.75) is 6.92 Å². The number of carbonyl (C=O) groups excluding carboxylic acids is 4. The second-order valence-electron chi connectivity index (χ2n) is 8.49. The van der Waals surface area contributed by atoms with Crippen LogP contribution in [0.25, 0.3) is 6.08 Å². The summed E-state index contributed by atoms with van der Waals surface area (Å²) in [5, 5.41) is 5.43. The van der Waals surface area contributed by atoms with Crippen molar-refractivity contribution in [3.8, 4) is 17.2 Å². The molecule has 1 heterocycles. The quantitative estimate of drug-likeness (QED) is 0.197. The highest BCUT2D eigenvalue weighted by Crippen LogP contribution is 2.35. The van der Waals surface area contributed by atoms with Crippen molar-refractivity contribution in [2.24, 2.45) is 0 Å². The zero-order valence-corrected chi connectivity index (χ0v) is 24.5. The second kappa shape index (κ2) is 12.4. The van der Waals surface area contributed by atoms with E-state index in [1.54, 1.807) is 42.5 Å². The third kappa shape index (κ3) is 6.37. The maximum Gasteiger partial charge on any atom is 0.335 e. The Labute approximate surface area is 248 Å². The second-order valence-corrected chi connectivity index (χ2v) is 10.1. The van der Waals surface area contributed by atoms with Crippen LogP contribution in [0.2, 0.25) is 5.02 Å². The summed E-state index contributed by atoms with van der Waals surface area (Å²) in [6, 6.07) is 13.8. The lowest BCUT2D eigenvalue weighted by molar-refractivity contribution is -0.122. The van der Waals surface area contributed by atoms with Gasteiger partial charge in [-0.25, -0.2) is 9.69 Å². The van der Waals surface area contributed by atoms with Gasteiger partial charge in [-0.15, -0.1) is 0 Å². The van der Waals surface area contributed by atoms with E-state index in [9.17, 15) is 19.2 Å². The molecule has 3 aromatic carbocycles. The van der Waals surface area contributed by atoms with E-state index in [0.717, 1.165) is 10.5 Å². The predicted octanol–water partition coefficient (Wildman–Crippen LogP) is 4.95. The lowest BCUT2D eigenvalue weighted by Gasteiger charge is -2.26. The van der Waals surface area contributed by atoms with Crippen LogP contribution < -0.4 is 29.7 Å². The normalized spacial score (nSPS) is 14.2. The third-order valence-corrected chi connectivity index (χ3v) is 7.01. The van der Waals surface area contributed by atoms with E-state index in [4.69, 9.17) is 25.8 Å². The van der Waals surface area contributed by atoms with Crippen molar-refractivity contribution in [3.05, 3.63) is 79.9 Å². The number of aryl methyl sites for hydroxylation is 1. The van der Waals surface area contributed by atoms with Gasteiger partial charge in [-0.3, -0.25) is 19.7 Å². The van der Waals surface area contributed by atoms with Gasteiger partial charge in [0.25, 0.3) is 17.7 Å². The van der Waals surface area contributed by atoms with Gasteiger partial charge in [0.05, 0.1) is 23.5 Å². The summed E-state index contributed by atoms with van der Waals surface area (Å²) in [6.07, 6.45) is 1.35. The number of imide groups is 2. The number of carbonyl (C=O) groups is 4. The van der Waals surface area contributed by atoms with Crippen LogP contribution in [0.15, 0.2) is 60.2 Å². The van der Waals surface area contributed by atoms with Crippen LogP contribution in [0.3, 0.4) is 0 Å². The molecule has 0 aromatic heterocycles. The molecule has 12 heteroatoms. The van der Waals surface area contributed by atoms with Gasteiger partial charge in [-0.2, -0.15) is 0 Å². The van der Waals surface area contributed by atoms with Gasteiger partial charge < -0.3 is 19.5 Å². The molecule has 1 saturated heterocycles. The first kappa shape index (κ1) is 28.9. The molecule has 10 nitrogen and oxygen atoms in total. The van der Waals surface area contributed by atoms with E-state index >= 15 is 0 Å². The number of nitrogens with zero attached hydrogens (tertiary/aromatic N) is 1. The Kier molecular flexibility index (Phi) is 8.95. The maximum absolute atomic E-state index is 13.2. The van der Waals surface area contributed by atoms with E-state index < -0.39 is 23.8 Å². The van der Waals surface area contributed by atoms with Crippen molar-refractivity contribution in [1.82, 2.24) is 5.32 Å². The van der Waals surface area contributed by atoms with E-state index in [0.29, 0.717) is 31.3 Å². The SMILES string of the molecule is COc1ccc(N2C(=O)NC(=O)/C(=C\c3cc(I)c(OCC(=O)Nc4ccc(C)c(Cl)c4)c(OC)c3)C2=O)cc1. The number of barbiturate groups is 1. The zero-order chi connectivity index (χ0) is 29.0. The molecule has 2 N–H and O–H groups in total. The summed E-state index contributed by atoms with van der Waals surface area (Å²) in [6.45, 7) is 1.55. The van der Waals surface area contributed by atoms with Crippen molar-refractivity contribution >= 4 is 75.4 Å². The first-order valence-electron chi connectivity index (χ1n) is 11.7. The topological polar surface area (TPSA) is 123 Å². The number of benzene rings is 3. The first-order chi connectivity index (χ1) is 19.1. The summed E-state index contributed by atoms with van der Waals surface area (Å²) in [5.41, 5.74) is 1.87. The van der Waals surface area contributed by atoms with Crippen LogP contribution in [0.1, 0.15) is 11.1 Å². The van der Waals surface area contributed by atoms with Crippen LogP contribution in [0.5, 0.6) is 17.2 Å². The molecule has 40 heavy (non-hydrogen) atoms. The molecule has 0 spiro atoms. The van der Waals surface area contributed by atoms with Crippen LogP contribution >= 0.6 is 34.2 Å². The Morgan fingerprint density at radius 2 is 1.77 bits per heavy atom. The smallest absolute Gasteiger partial charge is 0.335 e. The van der Waals surface area contributed by atoms with Crippen molar-refractivity contribution in [2.75, 3.05) is 31.0 Å². The highest BCUT2D eigenvalue weighted by molar-refractivity contribution is 14.1. The summed E-state index contributed by atoms with van der Waals surface area (Å²) in [5.74, 6) is -0.908. The van der Waals surface area contributed by atoms with Crippen molar-refractivity contribution in [3.63, 3.8) is 0 Å². The number of amides is 5. The zero-order valence-electron chi connectivity index (χ0n) is 21.5. The largest absolute Gasteiger partial charge is 0.497 e. The number of methoxy groups -OCH3 is 2. The van der Waals surface area contributed by atoms with Gasteiger partial charge in [0.2, 0.25) is 0 Å². The number of nitrogens with one attached hydrogen (secondary N) is 2. The fourth-order valence-corrected chi connectivity index (χ4v) is 4.72. The maximum atomic E-state index is 13.2. The number of hydrogen-bond acceptors (Lipinski definition) is 7. The fourth-order valence-electron chi connectivity index (χ4n) is 3.76. The third-order valence-electron chi connectivity index (χ3n) is 5.80. The van der Waals surface area contributed by atoms with Crippen LogP contribution in [-0.2, 0) is 14.4 Å². The molecule has 1 aliphatic heterocycles. The number of halogens is 2. The van der Waals surface area contributed by atoms with Crippen molar-refractivity contribution in [1.29, 1.82) is 0 Å². The summed E-state index contributed by atoms with van der Waals surface area (Å²) in [4.78, 5) is 51.6. The molecular weight excluding hydrogens is 653 g/mol. The molecule has 0 radical (unpaired) electrons. The highest BCUT2D eigenvalue weighted by atomic mass is 127. The predicted molar refractivity (Wildman–Crippen MR) is 158 cm³/mol. The Bertz CT molecular complexity index is 1540. The molecule has 0 unspecified atom stereocenters. The summed E-state index contributed by atoms with van der Waals surface area (Å²) >= 11 is 8.11. The minimum atomic E-state index is -0.862. The van der Waals surface area contributed by atoms with E-state index in [1.165, 1.54) is 32.4 Å². The van der Waals surface area contributed by atoms with Gasteiger partial charge in [-0.1, -0.05) is 17.7 Å². The average molecular weight is 676 g/mol. The average Bonchev–Trinajstić information content (AvgIpc) is 2.92. The van der Waals surface area contributed by atoms with Gasteiger partial charge >= 0.3 is 6.03 Å². The van der Waals surface area contributed by atoms with Gasteiger partial charge in [0.1, 0.15) is 11.3 Å². The summed E-state index contributed by atoms with van der Waals surface area (Å²) < 4.78 is 16.9. The molecule has 0 aliphatic carbocycles. The van der Waals surface area contributed by atoms with E-state index in [1.807, 2.05) is 29.5 Å². The van der Waals surface area contributed by atoms with Gasteiger partial charge in [0.15, 0.2) is 18.1 Å². The molecule has 5 amide bonds. The fraction of sp³-hybridized carbons (Fsp3) is 0.143. The number of ether oxygens (including phenoxy) is 3. The first-order valence-corrected chi connectivity index (χ1v) is 13.2. The number of hydrogen-bond donors (Lipinski definition) is 2. The van der Waals surface area contributed by atoms with Crippen LogP contribution in [0, 0.1) is 10.5 Å². The highest BCUT2D eigenvalue weighted by Gasteiger charge is 2.37. The Hall–Kier alpha value is -4.10. The molecular formula is C28H23ClIN3O7. The molecule has 1 aliphatic rings. The number of rotatable bonds is 8. The molecule has 1 fully saturated rings. The van der Waals surface area contributed by atoms with E-state index in [2.05, 4.69) is 10.6 Å². The minimum Gasteiger partial charge on any atom is -0.497 e.